The molecule has 2 atom stereocenters. The van der Waals surface area contributed by atoms with E-state index in [9.17, 15) is 13.2 Å². The first-order chi connectivity index (χ1) is 11.8. The molecule has 0 spiro atoms. The second-order valence-electron chi connectivity index (χ2n) is 7.16. The summed E-state index contributed by atoms with van der Waals surface area (Å²) in [4.78, 5) is 2.41. The van der Waals surface area contributed by atoms with Crippen LogP contribution in [0.3, 0.4) is 0 Å². The molecule has 5 nitrogen and oxygen atoms in total. The SMILES string of the molecule is CC(C)OC[C@@]12CCCN1[C@H](COc1cc(C(F)(F)F)cnn1)CC2. The highest BCUT2D eigenvalue weighted by atomic mass is 19.4. The van der Waals surface area contributed by atoms with Gasteiger partial charge in [0, 0.05) is 17.6 Å². The molecule has 0 radical (unpaired) electrons. The molecule has 0 aromatic carbocycles. The van der Waals surface area contributed by atoms with Gasteiger partial charge in [0.05, 0.1) is 24.5 Å². The van der Waals surface area contributed by atoms with E-state index in [0.717, 1.165) is 38.3 Å². The van der Waals surface area contributed by atoms with Crippen LogP contribution in [0.25, 0.3) is 0 Å². The highest BCUT2D eigenvalue weighted by molar-refractivity contribution is 5.19. The van der Waals surface area contributed by atoms with Crippen LogP contribution in [0, 0.1) is 0 Å². The van der Waals surface area contributed by atoms with E-state index in [1.165, 1.54) is 0 Å². The zero-order valence-corrected chi connectivity index (χ0v) is 14.6. The number of alkyl halides is 3. The quantitative estimate of drug-likeness (QED) is 0.780. The van der Waals surface area contributed by atoms with Crippen molar-refractivity contribution in [1.29, 1.82) is 0 Å². The molecule has 0 amide bonds. The molecule has 2 aliphatic rings. The van der Waals surface area contributed by atoms with Gasteiger partial charge >= 0.3 is 6.18 Å². The van der Waals surface area contributed by atoms with Gasteiger partial charge < -0.3 is 9.47 Å². The summed E-state index contributed by atoms with van der Waals surface area (Å²) in [5, 5.41) is 7.06. The van der Waals surface area contributed by atoms with Crippen LogP contribution in [-0.2, 0) is 10.9 Å². The Kier molecular flexibility index (Phi) is 5.20. The van der Waals surface area contributed by atoms with Gasteiger partial charge in [0.1, 0.15) is 6.61 Å². The molecule has 1 aromatic heterocycles. The van der Waals surface area contributed by atoms with E-state index < -0.39 is 11.7 Å². The Morgan fingerprint density at radius 3 is 2.88 bits per heavy atom. The summed E-state index contributed by atoms with van der Waals surface area (Å²) < 4.78 is 49.6. The molecule has 140 valence electrons. The molecular weight excluding hydrogens is 335 g/mol. The van der Waals surface area contributed by atoms with Gasteiger partial charge in [-0.3, -0.25) is 4.90 Å². The number of aromatic nitrogens is 2. The topological polar surface area (TPSA) is 47.5 Å². The first-order valence-corrected chi connectivity index (χ1v) is 8.71. The minimum Gasteiger partial charge on any atom is -0.475 e. The van der Waals surface area contributed by atoms with Crippen molar-refractivity contribution < 1.29 is 22.6 Å². The van der Waals surface area contributed by atoms with Gasteiger partial charge in [-0.05, 0) is 46.1 Å². The van der Waals surface area contributed by atoms with Crippen LogP contribution in [0.15, 0.2) is 12.3 Å². The standard InChI is InChI=1S/C17H24F3N3O2/c1-12(2)25-11-16-5-3-7-23(16)14(4-6-16)10-24-15-8-13(9-21-22-15)17(18,19)20/h8-9,12,14H,3-7,10-11H2,1-2H3/t14-,16-/m0/s1. The Balaban J connectivity index is 1.61. The average molecular weight is 359 g/mol. The molecule has 2 saturated heterocycles. The third kappa shape index (κ3) is 4.06. The maximum Gasteiger partial charge on any atom is 0.418 e. The molecule has 0 N–H and O–H groups in total. The molecule has 25 heavy (non-hydrogen) atoms. The van der Waals surface area contributed by atoms with Crippen molar-refractivity contribution in [3.05, 3.63) is 17.8 Å². The molecule has 0 unspecified atom stereocenters. The number of rotatable bonds is 6. The summed E-state index contributed by atoms with van der Waals surface area (Å²) in [7, 11) is 0. The van der Waals surface area contributed by atoms with E-state index in [-0.39, 0.29) is 23.6 Å². The lowest BCUT2D eigenvalue weighted by molar-refractivity contribution is -0.138. The molecule has 1 aromatic rings. The minimum absolute atomic E-state index is 0.0534. The van der Waals surface area contributed by atoms with E-state index in [1.54, 1.807) is 0 Å². The fourth-order valence-corrected chi connectivity index (χ4v) is 3.87. The van der Waals surface area contributed by atoms with Gasteiger partial charge in [0.15, 0.2) is 0 Å². The Bertz CT molecular complexity index is 597. The highest BCUT2D eigenvalue weighted by Crippen LogP contribution is 2.43. The normalized spacial score (nSPS) is 27.0. The van der Waals surface area contributed by atoms with Gasteiger partial charge in [-0.2, -0.15) is 18.3 Å². The molecule has 3 rings (SSSR count). The molecular formula is C17H24F3N3O2. The number of halogens is 3. The first kappa shape index (κ1) is 18.4. The number of hydrogen-bond donors (Lipinski definition) is 0. The third-order valence-electron chi connectivity index (χ3n) is 5.10. The van der Waals surface area contributed by atoms with Crippen molar-refractivity contribution in [1.82, 2.24) is 15.1 Å². The Morgan fingerprint density at radius 1 is 1.36 bits per heavy atom. The number of nitrogens with zero attached hydrogens (tertiary/aromatic N) is 3. The van der Waals surface area contributed by atoms with Crippen LogP contribution in [0.1, 0.15) is 45.1 Å². The van der Waals surface area contributed by atoms with Crippen molar-refractivity contribution in [2.24, 2.45) is 0 Å². The number of fused-ring (bicyclic) bond motifs is 1. The summed E-state index contributed by atoms with van der Waals surface area (Å²) in [6.07, 6.45) is 0.640. The van der Waals surface area contributed by atoms with Crippen LogP contribution in [0.4, 0.5) is 13.2 Å². The largest absolute Gasteiger partial charge is 0.475 e. The Morgan fingerprint density at radius 2 is 2.16 bits per heavy atom. The van der Waals surface area contributed by atoms with E-state index in [4.69, 9.17) is 9.47 Å². The summed E-state index contributed by atoms with van der Waals surface area (Å²) in [6.45, 7) is 6.04. The fourth-order valence-electron chi connectivity index (χ4n) is 3.87. The van der Waals surface area contributed by atoms with E-state index >= 15 is 0 Å². The molecule has 0 saturated carbocycles. The van der Waals surface area contributed by atoms with Crippen molar-refractivity contribution in [2.45, 2.75) is 63.4 Å². The van der Waals surface area contributed by atoms with Gasteiger partial charge in [0.25, 0.3) is 0 Å². The van der Waals surface area contributed by atoms with E-state index in [1.807, 2.05) is 13.8 Å². The van der Waals surface area contributed by atoms with Crippen molar-refractivity contribution >= 4 is 0 Å². The predicted molar refractivity (Wildman–Crippen MR) is 85.3 cm³/mol. The van der Waals surface area contributed by atoms with Crippen LogP contribution < -0.4 is 4.74 Å². The second kappa shape index (κ2) is 7.07. The zero-order valence-electron chi connectivity index (χ0n) is 14.6. The monoisotopic (exact) mass is 359 g/mol. The van der Waals surface area contributed by atoms with Crippen molar-refractivity contribution in [2.75, 3.05) is 19.8 Å². The first-order valence-electron chi connectivity index (χ1n) is 8.71. The van der Waals surface area contributed by atoms with Gasteiger partial charge in [0.2, 0.25) is 5.88 Å². The molecule has 3 heterocycles. The lowest BCUT2D eigenvalue weighted by Crippen LogP contribution is -2.47. The van der Waals surface area contributed by atoms with Gasteiger partial charge in [-0.15, -0.1) is 5.10 Å². The van der Waals surface area contributed by atoms with E-state index in [2.05, 4.69) is 15.1 Å². The van der Waals surface area contributed by atoms with Crippen LogP contribution >= 0.6 is 0 Å². The Hall–Kier alpha value is -1.41. The van der Waals surface area contributed by atoms with Gasteiger partial charge in [-0.25, -0.2) is 0 Å². The number of ether oxygens (including phenoxy) is 2. The summed E-state index contributed by atoms with van der Waals surface area (Å²) in [5.41, 5.74) is -0.789. The Labute approximate surface area is 145 Å². The lowest BCUT2D eigenvalue weighted by Gasteiger charge is -2.35. The molecule has 2 aliphatic heterocycles. The maximum atomic E-state index is 12.7. The molecule has 0 bridgehead atoms. The van der Waals surface area contributed by atoms with Crippen LogP contribution in [0.5, 0.6) is 5.88 Å². The van der Waals surface area contributed by atoms with Crippen LogP contribution in [-0.4, -0.2) is 52.5 Å². The summed E-state index contributed by atoms with van der Waals surface area (Å²) in [5.74, 6) is -0.0787. The fraction of sp³-hybridized carbons (Fsp3) is 0.765. The van der Waals surface area contributed by atoms with Gasteiger partial charge in [-0.1, -0.05) is 0 Å². The smallest absolute Gasteiger partial charge is 0.418 e. The number of hydrogen-bond acceptors (Lipinski definition) is 5. The predicted octanol–water partition coefficient (Wildman–Crippen LogP) is 3.30. The minimum atomic E-state index is -4.44. The third-order valence-corrected chi connectivity index (χ3v) is 5.10. The van der Waals surface area contributed by atoms with E-state index in [0.29, 0.717) is 19.4 Å². The second-order valence-corrected chi connectivity index (χ2v) is 7.16. The van der Waals surface area contributed by atoms with Crippen molar-refractivity contribution in [3.63, 3.8) is 0 Å². The maximum absolute atomic E-state index is 12.7. The van der Waals surface area contributed by atoms with Crippen molar-refractivity contribution in [3.8, 4) is 5.88 Å². The van der Waals surface area contributed by atoms with Crippen LogP contribution in [0.2, 0.25) is 0 Å². The molecule has 8 heteroatoms. The summed E-state index contributed by atoms with van der Waals surface area (Å²) in [6, 6.07) is 1.08. The molecule has 0 aliphatic carbocycles. The molecule has 2 fully saturated rings. The summed E-state index contributed by atoms with van der Waals surface area (Å²) >= 11 is 0. The lowest BCUT2D eigenvalue weighted by atomic mass is 9.95. The highest BCUT2D eigenvalue weighted by Gasteiger charge is 2.49. The average Bonchev–Trinajstić information content (AvgIpc) is 3.10. The zero-order chi connectivity index (χ0) is 18.1.